The van der Waals surface area contributed by atoms with E-state index in [0.29, 0.717) is 19.6 Å². The summed E-state index contributed by atoms with van der Waals surface area (Å²) in [5, 5.41) is 13.5. The van der Waals surface area contributed by atoms with E-state index in [-0.39, 0.29) is 6.42 Å². The number of hydrogen-bond acceptors (Lipinski definition) is 6. The zero-order chi connectivity index (χ0) is 11.5. The van der Waals surface area contributed by atoms with Crippen LogP contribution in [0.5, 0.6) is 0 Å². The highest BCUT2D eigenvalue weighted by Crippen LogP contribution is 1.92. The molecule has 4 N–H and O–H groups in total. The Morgan fingerprint density at radius 3 is 2.73 bits per heavy atom. The highest BCUT2D eigenvalue weighted by molar-refractivity contribution is 7.97. The van der Waals surface area contributed by atoms with Crippen LogP contribution < -0.4 is 10.6 Å². The average Bonchev–Trinajstić information content (AvgIpc) is 2.21. The van der Waals surface area contributed by atoms with Crippen LogP contribution in [0.2, 0.25) is 0 Å². The highest BCUT2D eigenvalue weighted by Gasteiger charge is 2.09. The summed E-state index contributed by atoms with van der Waals surface area (Å²) < 4.78 is 0. The molecule has 0 aliphatic carbocycles. The lowest BCUT2D eigenvalue weighted by atomic mass is 10.2. The molecule has 0 fully saturated rings. The number of rotatable bonds is 10. The van der Waals surface area contributed by atoms with Gasteiger partial charge in [0.2, 0.25) is 5.78 Å². The second-order valence-electron chi connectivity index (χ2n) is 2.80. The van der Waals surface area contributed by atoms with Gasteiger partial charge in [-0.25, -0.2) is 10.3 Å². The predicted octanol–water partition coefficient (Wildman–Crippen LogP) is -0.0615. The molecule has 0 atom stereocenters. The van der Waals surface area contributed by atoms with Gasteiger partial charge in [0.05, 0.1) is 6.61 Å². The molecule has 0 bridgehead atoms. The van der Waals surface area contributed by atoms with E-state index < -0.39 is 11.8 Å². The smallest absolute Gasteiger partial charge is 0.372 e. The van der Waals surface area contributed by atoms with Crippen LogP contribution in [0, 0.1) is 0 Å². The Kier molecular flexibility index (Phi) is 9.49. The van der Waals surface area contributed by atoms with Gasteiger partial charge in [0, 0.05) is 18.7 Å². The maximum atomic E-state index is 10.6. The van der Waals surface area contributed by atoms with E-state index in [2.05, 4.69) is 5.48 Å². The number of Topliss-reactive ketones (excluding diaryl/α,β-unsaturated/α-hetero) is 1. The fraction of sp³-hybridized carbons (Fsp3) is 0.750. The van der Waals surface area contributed by atoms with Crippen molar-refractivity contribution < 1.29 is 19.5 Å². The first-order valence-electron chi connectivity index (χ1n) is 4.61. The lowest BCUT2D eigenvalue weighted by Crippen LogP contribution is -2.19. The number of aliphatic carboxylic acids is 1. The van der Waals surface area contributed by atoms with Crippen molar-refractivity contribution in [2.45, 2.75) is 19.3 Å². The van der Waals surface area contributed by atoms with Gasteiger partial charge in [-0.15, -0.1) is 0 Å². The van der Waals surface area contributed by atoms with Crippen molar-refractivity contribution in [3.05, 3.63) is 0 Å². The van der Waals surface area contributed by atoms with Gasteiger partial charge in [-0.3, -0.25) is 9.93 Å². The Morgan fingerprint density at radius 2 is 2.13 bits per heavy atom. The molecule has 0 spiro atoms. The summed E-state index contributed by atoms with van der Waals surface area (Å²) in [6.07, 6.45) is 1.31. The fourth-order valence-electron chi connectivity index (χ4n) is 0.784. The summed E-state index contributed by atoms with van der Waals surface area (Å²) in [6.45, 7) is 1.02. The molecule has 0 aliphatic rings. The van der Waals surface area contributed by atoms with E-state index in [1.807, 2.05) is 0 Å². The minimum Gasteiger partial charge on any atom is -0.476 e. The van der Waals surface area contributed by atoms with E-state index in [1.54, 1.807) is 0 Å². The number of carboxylic acids is 1. The van der Waals surface area contributed by atoms with Crippen LogP contribution >= 0.6 is 11.9 Å². The summed E-state index contributed by atoms with van der Waals surface area (Å²) >= 11 is 1.27. The first kappa shape index (κ1) is 14.4. The van der Waals surface area contributed by atoms with Crippen LogP contribution in [0.15, 0.2) is 0 Å². The topological polar surface area (TPSA) is 102 Å². The zero-order valence-corrected chi connectivity index (χ0v) is 9.22. The van der Waals surface area contributed by atoms with Crippen LogP contribution in [0.3, 0.4) is 0 Å². The summed E-state index contributed by atoms with van der Waals surface area (Å²) in [5.74, 6) is -1.31. The maximum Gasteiger partial charge on any atom is 0.372 e. The first-order valence-corrected chi connectivity index (χ1v) is 5.65. The van der Waals surface area contributed by atoms with Gasteiger partial charge in [0.15, 0.2) is 0 Å². The van der Waals surface area contributed by atoms with Crippen LogP contribution in [0.1, 0.15) is 19.3 Å². The molecule has 0 radical (unpaired) electrons. The molecule has 0 saturated carbocycles. The molecule has 0 saturated heterocycles. The molecule has 0 amide bonds. The van der Waals surface area contributed by atoms with Crippen molar-refractivity contribution in [1.29, 1.82) is 0 Å². The molecular weight excluding hydrogens is 220 g/mol. The van der Waals surface area contributed by atoms with Gasteiger partial charge in [0.1, 0.15) is 0 Å². The number of nitrogens with one attached hydrogen (secondary N) is 1. The molecule has 15 heavy (non-hydrogen) atoms. The predicted molar refractivity (Wildman–Crippen MR) is 57.1 cm³/mol. The number of carbonyl (C=O) groups is 2. The lowest BCUT2D eigenvalue weighted by Gasteiger charge is -2.03. The molecule has 0 aromatic heterocycles. The molecule has 0 unspecified atom stereocenters. The minimum atomic E-state index is -1.39. The molecule has 0 aromatic carbocycles. The number of hydroxylamine groups is 1. The minimum absolute atomic E-state index is 0.00959. The van der Waals surface area contributed by atoms with Gasteiger partial charge < -0.3 is 9.94 Å². The number of carboxylic acid groups (broad SMARTS) is 1. The van der Waals surface area contributed by atoms with Gasteiger partial charge in [-0.05, 0) is 12.8 Å². The van der Waals surface area contributed by atoms with Crippen molar-refractivity contribution in [3.63, 3.8) is 0 Å². The Hall–Kier alpha value is -0.630. The first-order chi connectivity index (χ1) is 7.18. The number of carbonyl (C=O) groups excluding carboxylic acids is 1. The third kappa shape index (κ3) is 9.67. The van der Waals surface area contributed by atoms with E-state index >= 15 is 0 Å². The summed E-state index contributed by atoms with van der Waals surface area (Å²) in [4.78, 5) is 25.7. The number of nitrogens with two attached hydrogens (primary N) is 1. The van der Waals surface area contributed by atoms with Gasteiger partial charge in [-0.2, -0.15) is 0 Å². The molecule has 0 heterocycles. The lowest BCUT2D eigenvalue weighted by molar-refractivity contribution is -0.149. The van der Waals surface area contributed by atoms with Crippen LogP contribution in [-0.2, 0) is 14.4 Å². The fourth-order valence-corrected chi connectivity index (χ4v) is 1.09. The van der Waals surface area contributed by atoms with E-state index in [9.17, 15) is 9.59 Å². The third-order valence-electron chi connectivity index (χ3n) is 1.53. The monoisotopic (exact) mass is 236 g/mol. The zero-order valence-electron chi connectivity index (χ0n) is 8.40. The number of hydrogen-bond donors (Lipinski definition) is 3. The normalized spacial score (nSPS) is 10.2. The maximum absolute atomic E-state index is 10.6. The molecule has 0 aromatic rings. The second-order valence-corrected chi connectivity index (χ2v) is 3.54. The van der Waals surface area contributed by atoms with Crippen LogP contribution in [0.4, 0.5) is 0 Å². The van der Waals surface area contributed by atoms with Crippen LogP contribution in [-0.4, -0.2) is 35.8 Å². The third-order valence-corrected chi connectivity index (χ3v) is 2.06. The quantitative estimate of drug-likeness (QED) is 0.211. The van der Waals surface area contributed by atoms with Gasteiger partial charge in [0.25, 0.3) is 0 Å². The van der Waals surface area contributed by atoms with Crippen LogP contribution in [0.25, 0.3) is 0 Å². The van der Waals surface area contributed by atoms with Crippen molar-refractivity contribution in [1.82, 2.24) is 5.48 Å². The molecule has 0 rings (SSSR count). The van der Waals surface area contributed by atoms with E-state index in [0.717, 1.165) is 12.2 Å². The Bertz CT molecular complexity index is 201. The number of ketones is 1. The highest BCUT2D eigenvalue weighted by atomic mass is 32.2. The van der Waals surface area contributed by atoms with Crippen molar-refractivity contribution in [2.75, 3.05) is 18.9 Å². The van der Waals surface area contributed by atoms with Gasteiger partial charge >= 0.3 is 5.97 Å². The summed E-state index contributed by atoms with van der Waals surface area (Å²) in [7, 11) is 0. The Balaban J connectivity index is 3.11. The molecule has 88 valence electrons. The standard InChI is InChI=1S/C8H16N2O4S/c9-15-6-2-4-10-14-5-1-3-7(11)8(12)13/h10H,1-6,9H2,(H,12,13). The molecular formula is C8H16N2O4S. The Morgan fingerprint density at radius 1 is 1.40 bits per heavy atom. The van der Waals surface area contributed by atoms with Crippen molar-refractivity contribution >= 4 is 23.7 Å². The van der Waals surface area contributed by atoms with Crippen molar-refractivity contribution in [2.24, 2.45) is 5.14 Å². The van der Waals surface area contributed by atoms with E-state index in [4.69, 9.17) is 15.1 Å². The molecule has 6 nitrogen and oxygen atoms in total. The summed E-state index contributed by atoms with van der Waals surface area (Å²) in [5.41, 5.74) is 2.70. The van der Waals surface area contributed by atoms with Gasteiger partial charge in [-0.1, -0.05) is 11.9 Å². The summed E-state index contributed by atoms with van der Waals surface area (Å²) in [6, 6.07) is 0. The Labute approximate surface area is 92.6 Å². The SMILES string of the molecule is NSCCCNOCCCC(=O)C(=O)O. The average molecular weight is 236 g/mol. The molecule has 0 aliphatic heterocycles. The second kappa shape index (κ2) is 9.91. The van der Waals surface area contributed by atoms with E-state index in [1.165, 1.54) is 11.9 Å². The molecule has 7 heteroatoms. The van der Waals surface area contributed by atoms with Crippen molar-refractivity contribution in [3.8, 4) is 0 Å². The largest absolute Gasteiger partial charge is 0.476 e.